The molecule has 2 rings (SSSR count). The molecule has 5 nitrogen and oxygen atoms in total. The highest BCUT2D eigenvalue weighted by Crippen LogP contribution is 2.19. The van der Waals surface area contributed by atoms with E-state index in [-0.39, 0.29) is 18.2 Å². The molecule has 0 bridgehead atoms. The molecular weight excluding hydrogens is 254 g/mol. The largest absolute Gasteiger partial charge is 0.363 e. The molecule has 0 radical (unpaired) electrons. The van der Waals surface area contributed by atoms with Crippen LogP contribution in [0.25, 0.3) is 0 Å². The maximum Gasteiger partial charge on any atom is 0.167 e. The Kier molecular flexibility index (Phi) is 6.08. The molecule has 3 unspecified atom stereocenters. The highest BCUT2D eigenvalue weighted by atomic mass is 16.5. The van der Waals surface area contributed by atoms with Crippen LogP contribution in [-0.4, -0.2) is 43.6 Å². The monoisotopic (exact) mass is 277 g/mol. The van der Waals surface area contributed by atoms with Crippen molar-refractivity contribution in [3.05, 3.63) is 12.2 Å². The van der Waals surface area contributed by atoms with Crippen molar-refractivity contribution >= 4 is 18.2 Å². The zero-order valence-electron chi connectivity index (χ0n) is 11.8. The summed E-state index contributed by atoms with van der Waals surface area (Å²) >= 11 is 0. The van der Waals surface area contributed by atoms with Crippen molar-refractivity contribution in [3.63, 3.8) is 0 Å². The zero-order chi connectivity index (χ0) is 14.2. The Balaban J connectivity index is 1.96. The van der Waals surface area contributed by atoms with E-state index >= 15 is 0 Å². The lowest BCUT2D eigenvalue weighted by Crippen LogP contribution is -2.45. The summed E-state index contributed by atoms with van der Waals surface area (Å²) in [5, 5.41) is 10.9. The SMILES string of the molecule is N=CCC(NC1CCCCO1)C1C=CC(C=O)=NCC1. The second-order valence-electron chi connectivity index (χ2n) is 5.30. The van der Waals surface area contributed by atoms with Gasteiger partial charge in [0.05, 0.1) is 5.71 Å². The first-order valence-electron chi connectivity index (χ1n) is 7.38. The van der Waals surface area contributed by atoms with Gasteiger partial charge in [0.2, 0.25) is 0 Å². The Morgan fingerprint density at radius 2 is 2.40 bits per heavy atom. The lowest BCUT2D eigenvalue weighted by Gasteiger charge is -2.31. The van der Waals surface area contributed by atoms with Crippen LogP contribution in [0.5, 0.6) is 0 Å². The lowest BCUT2D eigenvalue weighted by molar-refractivity contribution is -0.102. The molecule has 0 aliphatic carbocycles. The first kappa shape index (κ1) is 15.1. The Labute approximate surface area is 120 Å². The van der Waals surface area contributed by atoms with Crippen molar-refractivity contribution in [2.24, 2.45) is 10.9 Å². The van der Waals surface area contributed by atoms with Crippen molar-refractivity contribution in [3.8, 4) is 0 Å². The van der Waals surface area contributed by atoms with Gasteiger partial charge < -0.3 is 10.1 Å². The van der Waals surface area contributed by atoms with Gasteiger partial charge in [0.15, 0.2) is 6.29 Å². The summed E-state index contributed by atoms with van der Waals surface area (Å²) < 4.78 is 5.72. The van der Waals surface area contributed by atoms with E-state index in [1.807, 2.05) is 6.08 Å². The number of carbonyl (C=O) groups is 1. The Morgan fingerprint density at radius 1 is 1.50 bits per heavy atom. The maximum atomic E-state index is 10.8. The second kappa shape index (κ2) is 8.07. The summed E-state index contributed by atoms with van der Waals surface area (Å²) in [6.45, 7) is 1.47. The van der Waals surface area contributed by atoms with Gasteiger partial charge in [-0.15, -0.1) is 0 Å². The third-order valence-electron chi connectivity index (χ3n) is 3.86. The molecule has 3 atom stereocenters. The highest BCUT2D eigenvalue weighted by molar-refractivity contribution is 6.33. The number of rotatable bonds is 6. The fraction of sp³-hybridized carbons (Fsp3) is 0.667. The Morgan fingerprint density at radius 3 is 3.10 bits per heavy atom. The average Bonchev–Trinajstić information content (AvgIpc) is 2.73. The van der Waals surface area contributed by atoms with Gasteiger partial charge >= 0.3 is 0 Å². The summed E-state index contributed by atoms with van der Waals surface area (Å²) in [7, 11) is 0. The van der Waals surface area contributed by atoms with Crippen LogP contribution in [0.2, 0.25) is 0 Å². The maximum absolute atomic E-state index is 10.8. The molecule has 0 aromatic carbocycles. The fourth-order valence-corrected chi connectivity index (χ4v) is 2.73. The second-order valence-corrected chi connectivity index (χ2v) is 5.30. The summed E-state index contributed by atoms with van der Waals surface area (Å²) in [5.41, 5.74) is 0.509. The van der Waals surface area contributed by atoms with Gasteiger partial charge in [-0.1, -0.05) is 6.08 Å². The van der Waals surface area contributed by atoms with Crippen molar-refractivity contribution in [2.75, 3.05) is 13.2 Å². The number of nitrogens with one attached hydrogen (secondary N) is 2. The predicted molar refractivity (Wildman–Crippen MR) is 79.5 cm³/mol. The smallest absolute Gasteiger partial charge is 0.167 e. The molecule has 110 valence electrons. The number of ether oxygens (including phenoxy) is 1. The summed E-state index contributed by atoms with van der Waals surface area (Å²) in [4.78, 5) is 15.0. The average molecular weight is 277 g/mol. The zero-order valence-corrected chi connectivity index (χ0v) is 11.8. The van der Waals surface area contributed by atoms with Crippen molar-refractivity contribution in [1.82, 2.24) is 5.32 Å². The molecule has 2 N–H and O–H groups in total. The molecule has 0 aromatic rings. The number of hydrogen-bond donors (Lipinski definition) is 2. The highest BCUT2D eigenvalue weighted by Gasteiger charge is 2.24. The number of aliphatic imine (C=N–C) groups is 1. The van der Waals surface area contributed by atoms with E-state index < -0.39 is 0 Å². The molecule has 1 saturated heterocycles. The fourth-order valence-electron chi connectivity index (χ4n) is 2.73. The minimum absolute atomic E-state index is 0.0943. The van der Waals surface area contributed by atoms with Crippen LogP contribution in [0, 0.1) is 11.3 Å². The van der Waals surface area contributed by atoms with E-state index in [0.717, 1.165) is 32.2 Å². The van der Waals surface area contributed by atoms with E-state index in [2.05, 4.69) is 10.3 Å². The van der Waals surface area contributed by atoms with Gasteiger partial charge in [0, 0.05) is 19.2 Å². The minimum Gasteiger partial charge on any atom is -0.363 e. The van der Waals surface area contributed by atoms with Crippen LogP contribution in [0.15, 0.2) is 17.1 Å². The number of hydrogen-bond acceptors (Lipinski definition) is 5. The van der Waals surface area contributed by atoms with Gasteiger partial charge in [0.25, 0.3) is 0 Å². The first-order chi connectivity index (χ1) is 9.83. The summed E-state index contributed by atoms with van der Waals surface area (Å²) in [6.07, 6.45) is 11.1. The van der Waals surface area contributed by atoms with Crippen LogP contribution >= 0.6 is 0 Å². The lowest BCUT2D eigenvalue weighted by atomic mass is 9.93. The Hall–Kier alpha value is -1.33. The molecule has 2 aliphatic rings. The third kappa shape index (κ3) is 4.35. The quantitative estimate of drug-likeness (QED) is 0.573. The molecule has 0 spiro atoms. The van der Waals surface area contributed by atoms with Gasteiger partial charge in [-0.2, -0.15) is 0 Å². The topological polar surface area (TPSA) is 74.5 Å². The van der Waals surface area contributed by atoms with Crippen LogP contribution in [0.3, 0.4) is 0 Å². The van der Waals surface area contributed by atoms with Crippen LogP contribution in [0.4, 0.5) is 0 Å². The number of nitrogens with zero attached hydrogens (tertiary/aromatic N) is 1. The normalized spacial score (nSPS) is 28.3. The number of allylic oxidation sites excluding steroid dienone is 1. The summed E-state index contributed by atoms with van der Waals surface area (Å²) in [6, 6.07) is 0.174. The van der Waals surface area contributed by atoms with Gasteiger partial charge in [0.1, 0.15) is 6.23 Å². The standard InChI is InChI=1S/C15H23N3O2/c16-8-6-14(18-15-3-1-2-10-20-15)12-4-5-13(11-19)17-9-7-12/h4-5,8,11-12,14-16,18H,1-3,6-7,9-10H2. The molecular formula is C15H23N3O2. The van der Waals surface area contributed by atoms with Gasteiger partial charge in [-0.3, -0.25) is 15.1 Å². The molecule has 0 aromatic heterocycles. The van der Waals surface area contributed by atoms with Crippen LogP contribution in [-0.2, 0) is 9.53 Å². The van der Waals surface area contributed by atoms with Gasteiger partial charge in [-0.05, 0) is 50.3 Å². The number of aldehydes is 1. The minimum atomic E-state index is 0.0943. The molecule has 0 saturated carbocycles. The third-order valence-corrected chi connectivity index (χ3v) is 3.86. The molecule has 20 heavy (non-hydrogen) atoms. The molecule has 5 heteroatoms. The van der Waals surface area contributed by atoms with Crippen LogP contribution in [0.1, 0.15) is 32.1 Å². The molecule has 1 fully saturated rings. The predicted octanol–water partition coefficient (Wildman–Crippen LogP) is 1.73. The van der Waals surface area contributed by atoms with E-state index in [1.54, 1.807) is 6.08 Å². The van der Waals surface area contributed by atoms with Crippen molar-refractivity contribution in [2.45, 2.75) is 44.4 Å². The first-order valence-corrected chi connectivity index (χ1v) is 7.38. The molecule has 0 amide bonds. The van der Waals surface area contributed by atoms with E-state index in [9.17, 15) is 4.79 Å². The summed E-state index contributed by atoms with van der Waals surface area (Å²) in [5.74, 6) is 0.281. The molecule has 2 aliphatic heterocycles. The van der Waals surface area contributed by atoms with Crippen molar-refractivity contribution in [1.29, 1.82) is 5.41 Å². The van der Waals surface area contributed by atoms with Gasteiger partial charge in [-0.25, -0.2) is 0 Å². The van der Waals surface area contributed by atoms with Crippen LogP contribution < -0.4 is 5.32 Å². The van der Waals surface area contributed by atoms with E-state index in [1.165, 1.54) is 12.6 Å². The van der Waals surface area contributed by atoms with E-state index in [4.69, 9.17) is 10.1 Å². The van der Waals surface area contributed by atoms with E-state index in [0.29, 0.717) is 18.7 Å². The van der Waals surface area contributed by atoms with Crippen molar-refractivity contribution < 1.29 is 9.53 Å². The Bertz CT molecular complexity index is 387. The number of carbonyl (C=O) groups excluding carboxylic acids is 1. The molecule has 2 heterocycles.